The van der Waals surface area contributed by atoms with Gasteiger partial charge in [0.05, 0.1) is 18.8 Å². The predicted octanol–water partition coefficient (Wildman–Crippen LogP) is 3.99. The van der Waals surface area contributed by atoms with Crippen LogP contribution in [0.5, 0.6) is 0 Å². The van der Waals surface area contributed by atoms with Crippen LogP contribution in [0, 0.1) is 11.3 Å². The summed E-state index contributed by atoms with van der Waals surface area (Å²) >= 11 is 5.98. The highest BCUT2D eigenvalue weighted by molar-refractivity contribution is 6.30. The third-order valence-corrected chi connectivity index (χ3v) is 3.73. The number of anilines is 1. The summed E-state index contributed by atoms with van der Waals surface area (Å²) < 4.78 is 5.72. The van der Waals surface area contributed by atoms with Crippen LogP contribution in [-0.2, 0) is 4.74 Å². The second kappa shape index (κ2) is 6.27. The van der Waals surface area contributed by atoms with Gasteiger partial charge in [-0.15, -0.1) is 0 Å². The highest BCUT2D eigenvalue weighted by atomic mass is 35.5. The minimum atomic E-state index is -0.539. The van der Waals surface area contributed by atoms with Crippen LogP contribution in [0.3, 0.4) is 0 Å². The maximum Gasteiger partial charge on any atom is 0.130 e. The van der Waals surface area contributed by atoms with Crippen molar-refractivity contribution in [3.8, 4) is 6.07 Å². The zero-order chi connectivity index (χ0) is 13.7. The first kappa shape index (κ1) is 14.2. The maximum absolute atomic E-state index is 9.56. The number of nitriles is 1. The van der Waals surface area contributed by atoms with Gasteiger partial charge in [0.1, 0.15) is 5.54 Å². The van der Waals surface area contributed by atoms with Crippen molar-refractivity contribution in [3.63, 3.8) is 0 Å². The van der Waals surface area contributed by atoms with Crippen LogP contribution in [0.15, 0.2) is 24.3 Å². The van der Waals surface area contributed by atoms with E-state index >= 15 is 0 Å². The highest BCUT2D eigenvalue weighted by Crippen LogP contribution is 2.31. The van der Waals surface area contributed by atoms with Crippen molar-refractivity contribution in [2.45, 2.75) is 44.2 Å². The van der Waals surface area contributed by atoms with Crippen LogP contribution in [0.2, 0.25) is 5.02 Å². The van der Waals surface area contributed by atoms with Crippen molar-refractivity contribution < 1.29 is 4.74 Å². The normalized spacial score (nSPS) is 26.7. The fourth-order valence-electron chi connectivity index (χ4n) is 2.54. The van der Waals surface area contributed by atoms with Crippen molar-refractivity contribution in [1.29, 1.82) is 5.26 Å². The molecule has 0 saturated carbocycles. The van der Waals surface area contributed by atoms with E-state index < -0.39 is 5.54 Å². The molecule has 1 aliphatic heterocycles. The molecule has 1 aromatic rings. The molecule has 0 aliphatic carbocycles. The first-order valence-electron chi connectivity index (χ1n) is 6.74. The van der Waals surface area contributed by atoms with Crippen molar-refractivity contribution in [2.24, 2.45) is 0 Å². The molecule has 0 aromatic heterocycles. The minimum Gasteiger partial charge on any atom is -0.378 e. The molecule has 1 fully saturated rings. The van der Waals surface area contributed by atoms with Gasteiger partial charge in [-0.25, -0.2) is 0 Å². The maximum atomic E-state index is 9.56. The molecule has 0 amide bonds. The Balaban J connectivity index is 2.12. The molecule has 3 nitrogen and oxygen atoms in total. The van der Waals surface area contributed by atoms with Gasteiger partial charge in [-0.05, 0) is 24.6 Å². The van der Waals surface area contributed by atoms with Crippen molar-refractivity contribution in [2.75, 3.05) is 11.9 Å². The molecule has 0 bridgehead atoms. The lowest BCUT2D eigenvalue weighted by atomic mass is 9.86. The first-order chi connectivity index (χ1) is 9.17. The molecule has 19 heavy (non-hydrogen) atoms. The summed E-state index contributed by atoms with van der Waals surface area (Å²) in [5, 5.41) is 13.6. The average Bonchev–Trinajstić information content (AvgIpc) is 2.39. The molecule has 1 saturated heterocycles. The summed E-state index contributed by atoms with van der Waals surface area (Å²) in [6.45, 7) is 2.77. The average molecular weight is 279 g/mol. The Kier molecular flexibility index (Phi) is 4.68. The summed E-state index contributed by atoms with van der Waals surface area (Å²) in [5.41, 5.74) is 0.356. The van der Waals surface area contributed by atoms with Crippen LogP contribution >= 0.6 is 11.6 Å². The summed E-state index contributed by atoms with van der Waals surface area (Å²) in [5.74, 6) is 0. The van der Waals surface area contributed by atoms with Crippen LogP contribution < -0.4 is 5.32 Å². The van der Waals surface area contributed by atoms with E-state index in [1.165, 1.54) is 0 Å². The lowest BCUT2D eigenvalue weighted by molar-refractivity contribution is -0.00613. The Morgan fingerprint density at radius 2 is 2.42 bits per heavy atom. The smallest absolute Gasteiger partial charge is 0.130 e. The van der Waals surface area contributed by atoms with E-state index in [4.69, 9.17) is 16.3 Å². The minimum absolute atomic E-state index is 0.171. The summed E-state index contributed by atoms with van der Waals surface area (Å²) in [4.78, 5) is 0. The molecule has 1 aromatic carbocycles. The molecule has 1 N–H and O–H groups in total. The number of hydrogen-bond donors (Lipinski definition) is 1. The van der Waals surface area contributed by atoms with Gasteiger partial charge in [0, 0.05) is 23.6 Å². The van der Waals surface area contributed by atoms with Gasteiger partial charge in [0.15, 0.2) is 0 Å². The molecular formula is C15H19ClN2O. The van der Waals surface area contributed by atoms with Crippen molar-refractivity contribution in [1.82, 2.24) is 0 Å². The zero-order valence-electron chi connectivity index (χ0n) is 11.2. The lowest BCUT2D eigenvalue weighted by Crippen LogP contribution is -2.45. The van der Waals surface area contributed by atoms with Gasteiger partial charge in [-0.1, -0.05) is 31.0 Å². The molecule has 2 atom stereocenters. The number of nitrogens with one attached hydrogen (secondary N) is 1. The van der Waals surface area contributed by atoms with E-state index in [0.29, 0.717) is 18.1 Å². The van der Waals surface area contributed by atoms with Gasteiger partial charge in [-0.2, -0.15) is 5.26 Å². The van der Waals surface area contributed by atoms with E-state index in [2.05, 4.69) is 18.3 Å². The molecule has 2 unspecified atom stereocenters. The third-order valence-electron chi connectivity index (χ3n) is 3.49. The molecule has 0 radical (unpaired) electrons. The Labute approximate surface area is 119 Å². The summed E-state index contributed by atoms with van der Waals surface area (Å²) in [7, 11) is 0. The van der Waals surface area contributed by atoms with E-state index in [9.17, 15) is 5.26 Å². The van der Waals surface area contributed by atoms with E-state index in [1.807, 2.05) is 24.3 Å². The first-order valence-corrected chi connectivity index (χ1v) is 7.12. The van der Waals surface area contributed by atoms with Crippen LogP contribution in [0.1, 0.15) is 32.6 Å². The van der Waals surface area contributed by atoms with Crippen molar-refractivity contribution >= 4 is 17.3 Å². The van der Waals surface area contributed by atoms with Gasteiger partial charge < -0.3 is 10.1 Å². The molecule has 4 heteroatoms. The Morgan fingerprint density at radius 1 is 1.58 bits per heavy atom. The van der Waals surface area contributed by atoms with Crippen LogP contribution in [-0.4, -0.2) is 18.2 Å². The Bertz CT molecular complexity index is 469. The zero-order valence-corrected chi connectivity index (χ0v) is 11.9. The molecular weight excluding hydrogens is 260 g/mol. The Morgan fingerprint density at radius 3 is 3.11 bits per heavy atom. The second-order valence-electron chi connectivity index (χ2n) is 5.06. The number of rotatable bonds is 4. The molecule has 0 spiro atoms. The second-order valence-corrected chi connectivity index (χ2v) is 5.50. The van der Waals surface area contributed by atoms with E-state index in [-0.39, 0.29) is 6.10 Å². The number of hydrogen-bond acceptors (Lipinski definition) is 3. The van der Waals surface area contributed by atoms with Gasteiger partial charge >= 0.3 is 0 Å². The number of ether oxygens (including phenoxy) is 1. The topological polar surface area (TPSA) is 45.0 Å². The van der Waals surface area contributed by atoms with Crippen molar-refractivity contribution in [3.05, 3.63) is 29.3 Å². The molecule has 102 valence electrons. The summed E-state index contributed by atoms with van der Waals surface area (Å²) in [6.07, 6.45) is 3.68. The lowest BCUT2D eigenvalue weighted by Gasteiger charge is -2.37. The van der Waals surface area contributed by atoms with E-state index in [1.54, 1.807) is 0 Å². The number of halogens is 1. The number of nitrogens with zero attached hydrogens (tertiary/aromatic N) is 1. The molecule has 2 rings (SSSR count). The van der Waals surface area contributed by atoms with E-state index in [0.717, 1.165) is 24.9 Å². The standard InChI is InChI=1S/C15H19ClN2O/c1-2-4-14-10-15(11-17,7-8-19-14)18-13-6-3-5-12(16)9-13/h3,5-6,9,14,18H,2,4,7-8,10H2,1H3. The Hall–Kier alpha value is -1.24. The monoisotopic (exact) mass is 278 g/mol. The SMILES string of the molecule is CCCC1CC(C#N)(Nc2cccc(Cl)c2)CCO1. The van der Waals surface area contributed by atoms with Crippen LogP contribution in [0.25, 0.3) is 0 Å². The van der Waals surface area contributed by atoms with Gasteiger partial charge in [0.2, 0.25) is 0 Å². The summed E-state index contributed by atoms with van der Waals surface area (Å²) in [6, 6.07) is 9.95. The fourth-order valence-corrected chi connectivity index (χ4v) is 2.73. The fraction of sp³-hybridized carbons (Fsp3) is 0.533. The molecule has 1 aliphatic rings. The third kappa shape index (κ3) is 3.62. The van der Waals surface area contributed by atoms with Crippen LogP contribution in [0.4, 0.5) is 5.69 Å². The van der Waals surface area contributed by atoms with Gasteiger partial charge in [-0.3, -0.25) is 0 Å². The largest absolute Gasteiger partial charge is 0.378 e. The van der Waals surface area contributed by atoms with Gasteiger partial charge in [0.25, 0.3) is 0 Å². The highest BCUT2D eigenvalue weighted by Gasteiger charge is 2.37. The molecule has 1 heterocycles. The number of benzene rings is 1. The predicted molar refractivity (Wildman–Crippen MR) is 77.3 cm³/mol. The quantitative estimate of drug-likeness (QED) is 0.906.